The van der Waals surface area contributed by atoms with Crippen molar-refractivity contribution in [3.8, 4) is 45.3 Å². The maximum atomic E-state index is 13.4. The third-order valence-electron chi connectivity index (χ3n) is 4.90. The molecule has 0 bridgehead atoms. The first kappa shape index (κ1) is 19.1. The van der Waals surface area contributed by atoms with Gasteiger partial charge in [0.15, 0.2) is 17.3 Å². The van der Waals surface area contributed by atoms with E-state index in [0.717, 1.165) is 0 Å². The van der Waals surface area contributed by atoms with Crippen LogP contribution in [0.15, 0.2) is 84.9 Å². The van der Waals surface area contributed by atoms with E-state index in [9.17, 15) is 25.2 Å². The van der Waals surface area contributed by atoms with Crippen LogP contribution in [0.4, 0.5) is 0 Å². The van der Waals surface area contributed by atoms with Crippen molar-refractivity contribution in [3.63, 3.8) is 0 Å². The van der Waals surface area contributed by atoms with Crippen LogP contribution in [-0.4, -0.2) is 26.2 Å². The molecule has 4 aromatic carbocycles. The molecule has 5 nitrogen and oxygen atoms in total. The summed E-state index contributed by atoms with van der Waals surface area (Å²) >= 11 is 0. The quantitative estimate of drug-likeness (QED) is 0.284. The van der Waals surface area contributed by atoms with E-state index in [0.29, 0.717) is 16.7 Å². The number of aromatic hydroxyl groups is 4. The Morgan fingerprint density at radius 2 is 1.03 bits per heavy atom. The number of benzene rings is 4. The third-order valence-corrected chi connectivity index (χ3v) is 4.90. The van der Waals surface area contributed by atoms with Gasteiger partial charge in [0.05, 0.1) is 5.56 Å². The molecule has 0 saturated heterocycles. The summed E-state index contributed by atoms with van der Waals surface area (Å²) < 4.78 is 0. The zero-order valence-electron chi connectivity index (χ0n) is 15.8. The molecular weight excluding hydrogens is 380 g/mol. The molecule has 4 aromatic rings. The summed E-state index contributed by atoms with van der Waals surface area (Å²) in [6.45, 7) is 0. The van der Waals surface area contributed by atoms with Gasteiger partial charge in [0.1, 0.15) is 5.75 Å². The molecular formula is C25H18O5. The topological polar surface area (TPSA) is 98.0 Å². The molecule has 0 fully saturated rings. The van der Waals surface area contributed by atoms with E-state index in [1.807, 2.05) is 12.1 Å². The summed E-state index contributed by atoms with van der Waals surface area (Å²) in [5.41, 5.74) is 1.77. The lowest BCUT2D eigenvalue weighted by molar-refractivity contribution is 0.103. The molecule has 0 aliphatic heterocycles. The molecule has 5 heteroatoms. The molecule has 0 saturated carbocycles. The van der Waals surface area contributed by atoms with Crippen LogP contribution in [0.5, 0.6) is 23.0 Å². The van der Waals surface area contributed by atoms with Gasteiger partial charge in [-0.25, -0.2) is 0 Å². The van der Waals surface area contributed by atoms with Crippen molar-refractivity contribution in [2.45, 2.75) is 0 Å². The number of phenols is 4. The molecule has 4 N–H and O–H groups in total. The van der Waals surface area contributed by atoms with E-state index in [-0.39, 0.29) is 22.4 Å². The first-order valence-corrected chi connectivity index (χ1v) is 9.24. The van der Waals surface area contributed by atoms with Crippen molar-refractivity contribution in [3.05, 3.63) is 96.1 Å². The van der Waals surface area contributed by atoms with Gasteiger partial charge in [-0.05, 0) is 35.4 Å². The largest absolute Gasteiger partial charge is 0.508 e. The fourth-order valence-corrected chi connectivity index (χ4v) is 3.47. The van der Waals surface area contributed by atoms with Gasteiger partial charge in [-0.3, -0.25) is 4.79 Å². The molecule has 4 rings (SSSR count). The molecule has 148 valence electrons. The number of ketones is 1. The molecule has 30 heavy (non-hydrogen) atoms. The highest BCUT2D eigenvalue weighted by Gasteiger charge is 2.29. The van der Waals surface area contributed by atoms with Gasteiger partial charge in [-0.15, -0.1) is 0 Å². The summed E-state index contributed by atoms with van der Waals surface area (Å²) in [6.07, 6.45) is 0. The standard InChI is InChI=1S/C25H18O5/c26-18-13-11-17(12-14-18)22(27)21-19(15-7-3-1-4-8-15)20(16-9-5-2-6-10-16)23(28)25(30)24(21)29/h1-14,26,28-30H. The zero-order valence-corrected chi connectivity index (χ0v) is 15.8. The summed E-state index contributed by atoms with van der Waals surface area (Å²) in [4.78, 5) is 13.4. The fraction of sp³-hybridized carbons (Fsp3) is 0. The molecule has 0 amide bonds. The van der Waals surface area contributed by atoms with Crippen LogP contribution in [0, 0.1) is 0 Å². The average Bonchev–Trinajstić information content (AvgIpc) is 2.78. The Morgan fingerprint density at radius 1 is 0.533 bits per heavy atom. The summed E-state index contributed by atoms with van der Waals surface area (Å²) in [7, 11) is 0. The molecule has 0 heterocycles. The van der Waals surface area contributed by atoms with Crippen LogP contribution in [-0.2, 0) is 0 Å². The van der Waals surface area contributed by atoms with Crippen molar-refractivity contribution in [2.75, 3.05) is 0 Å². The highest BCUT2D eigenvalue weighted by atomic mass is 16.3. The lowest BCUT2D eigenvalue weighted by Gasteiger charge is -2.19. The second kappa shape index (κ2) is 7.64. The Bertz CT molecular complexity index is 1210. The third kappa shape index (κ3) is 3.22. The Hall–Kier alpha value is -4.25. The van der Waals surface area contributed by atoms with Crippen LogP contribution >= 0.6 is 0 Å². The predicted molar refractivity (Wildman–Crippen MR) is 114 cm³/mol. The second-order valence-electron chi connectivity index (χ2n) is 6.78. The van der Waals surface area contributed by atoms with E-state index < -0.39 is 23.0 Å². The highest BCUT2D eigenvalue weighted by Crippen LogP contribution is 2.52. The van der Waals surface area contributed by atoms with Gasteiger partial charge in [0, 0.05) is 16.7 Å². The highest BCUT2D eigenvalue weighted by molar-refractivity contribution is 6.18. The van der Waals surface area contributed by atoms with Crippen molar-refractivity contribution in [2.24, 2.45) is 0 Å². The number of carbonyl (C=O) groups excluding carboxylic acids is 1. The van der Waals surface area contributed by atoms with Gasteiger partial charge in [0.25, 0.3) is 0 Å². The second-order valence-corrected chi connectivity index (χ2v) is 6.78. The molecule has 0 aliphatic carbocycles. The van der Waals surface area contributed by atoms with E-state index in [1.165, 1.54) is 24.3 Å². The monoisotopic (exact) mass is 398 g/mol. The lowest BCUT2D eigenvalue weighted by atomic mass is 9.85. The fourth-order valence-electron chi connectivity index (χ4n) is 3.47. The van der Waals surface area contributed by atoms with Crippen LogP contribution in [0.2, 0.25) is 0 Å². The van der Waals surface area contributed by atoms with Crippen LogP contribution < -0.4 is 0 Å². The number of hydrogen-bond acceptors (Lipinski definition) is 5. The van der Waals surface area contributed by atoms with Crippen LogP contribution in [0.3, 0.4) is 0 Å². The first-order chi connectivity index (χ1) is 14.5. The Balaban J connectivity index is 2.10. The minimum Gasteiger partial charge on any atom is -0.508 e. The first-order valence-electron chi connectivity index (χ1n) is 9.24. The van der Waals surface area contributed by atoms with E-state index in [1.54, 1.807) is 48.5 Å². The maximum Gasteiger partial charge on any atom is 0.201 e. The van der Waals surface area contributed by atoms with Crippen molar-refractivity contribution in [1.29, 1.82) is 0 Å². The number of hydrogen-bond donors (Lipinski definition) is 4. The predicted octanol–water partition coefficient (Wildman–Crippen LogP) is 5.07. The molecule has 0 aromatic heterocycles. The molecule has 0 radical (unpaired) electrons. The minimum atomic E-state index is -0.768. The van der Waals surface area contributed by atoms with E-state index in [2.05, 4.69) is 0 Å². The summed E-state index contributed by atoms with van der Waals surface area (Å²) in [5, 5.41) is 41.4. The van der Waals surface area contributed by atoms with Gasteiger partial charge in [-0.2, -0.15) is 0 Å². The normalized spacial score (nSPS) is 10.7. The smallest absolute Gasteiger partial charge is 0.201 e. The lowest BCUT2D eigenvalue weighted by Crippen LogP contribution is -2.06. The Kier molecular flexibility index (Phi) is 4.86. The number of carbonyl (C=O) groups is 1. The molecule has 0 aliphatic rings. The van der Waals surface area contributed by atoms with Crippen LogP contribution in [0.1, 0.15) is 15.9 Å². The summed E-state index contributed by atoms with van der Waals surface area (Å²) in [6, 6.07) is 23.3. The number of rotatable bonds is 4. The molecule has 0 spiro atoms. The van der Waals surface area contributed by atoms with Crippen molar-refractivity contribution >= 4 is 5.78 Å². The van der Waals surface area contributed by atoms with Gasteiger partial charge < -0.3 is 20.4 Å². The summed E-state index contributed by atoms with van der Waals surface area (Å²) in [5.74, 6) is -2.55. The SMILES string of the molecule is O=C(c1ccc(O)cc1)c1c(O)c(O)c(O)c(-c2ccccc2)c1-c1ccccc1. The van der Waals surface area contributed by atoms with Crippen LogP contribution in [0.25, 0.3) is 22.3 Å². The molecule has 0 unspecified atom stereocenters. The Labute approximate surface area is 172 Å². The van der Waals surface area contributed by atoms with Crippen molar-refractivity contribution in [1.82, 2.24) is 0 Å². The van der Waals surface area contributed by atoms with Crippen molar-refractivity contribution < 1.29 is 25.2 Å². The van der Waals surface area contributed by atoms with Gasteiger partial charge in [0.2, 0.25) is 5.75 Å². The zero-order chi connectivity index (χ0) is 21.3. The van der Waals surface area contributed by atoms with Gasteiger partial charge >= 0.3 is 0 Å². The minimum absolute atomic E-state index is 0.00224. The van der Waals surface area contributed by atoms with E-state index >= 15 is 0 Å². The Morgan fingerprint density at radius 3 is 1.57 bits per heavy atom. The van der Waals surface area contributed by atoms with E-state index in [4.69, 9.17) is 0 Å². The maximum absolute atomic E-state index is 13.4. The molecule has 0 atom stereocenters. The number of phenolic OH excluding ortho intramolecular Hbond substituents is 4. The average molecular weight is 398 g/mol. The van der Waals surface area contributed by atoms with Gasteiger partial charge in [-0.1, -0.05) is 60.7 Å².